The van der Waals surface area contributed by atoms with E-state index in [4.69, 9.17) is 0 Å². The molecule has 0 bridgehead atoms. The van der Waals surface area contributed by atoms with Crippen molar-refractivity contribution >= 4 is 16.9 Å². The lowest BCUT2D eigenvalue weighted by Gasteiger charge is -2.17. The van der Waals surface area contributed by atoms with E-state index in [9.17, 15) is 0 Å². The fraction of sp³-hybridized carbons (Fsp3) is 0.278. The van der Waals surface area contributed by atoms with E-state index in [-0.39, 0.29) is 0 Å². The van der Waals surface area contributed by atoms with Gasteiger partial charge in [0.1, 0.15) is 0 Å². The quantitative estimate of drug-likeness (QED) is 0.847. The second kappa shape index (κ2) is 4.78. The van der Waals surface area contributed by atoms with E-state index in [1.807, 2.05) is 12.3 Å². The Morgan fingerprint density at radius 2 is 1.80 bits per heavy atom. The average molecular weight is 262 g/mol. The highest BCUT2D eigenvalue weighted by molar-refractivity contribution is 5.85. The molecule has 100 valence electrons. The Morgan fingerprint density at radius 3 is 2.70 bits per heavy atom. The minimum atomic E-state index is 1.06. The van der Waals surface area contributed by atoms with Crippen LogP contribution in [0.1, 0.15) is 36.9 Å². The van der Waals surface area contributed by atoms with Crippen LogP contribution in [0.2, 0.25) is 0 Å². The van der Waals surface area contributed by atoms with Crippen molar-refractivity contribution < 1.29 is 0 Å². The predicted molar refractivity (Wildman–Crippen MR) is 83.1 cm³/mol. The van der Waals surface area contributed by atoms with E-state index >= 15 is 0 Å². The second-order valence-electron chi connectivity index (χ2n) is 5.64. The summed E-state index contributed by atoms with van der Waals surface area (Å²) in [5, 5.41) is 3.56. The van der Waals surface area contributed by atoms with E-state index in [0.29, 0.717) is 0 Å². The topological polar surface area (TPSA) is 24.9 Å². The summed E-state index contributed by atoms with van der Waals surface area (Å²) in [7, 11) is 0. The standard InChI is InChI=1S/C18H18N2/c1-2-7-14(8-3-1)20-16-10-11-19-17-12-13-6-4-5-9-15(13)18(16)17/h1-3,7-8,10-11H,4-6,9,12H2,(H,19,20). The molecule has 0 radical (unpaired) electrons. The molecular formula is C18H18N2. The minimum absolute atomic E-state index is 1.06. The monoisotopic (exact) mass is 262 g/mol. The summed E-state index contributed by atoms with van der Waals surface area (Å²) in [6.45, 7) is 0. The Balaban J connectivity index is 1.76. The Bertz CT molecular complexity index is 671. The van der Waals surface area contributed by atoms with Crippen LogP contribution >= 0.6 is 0 Å². The number of pyridine rings is 1. The Labute approximate surface area is 119 Å². The Hall–Kier alpha value is -2.09. The van der Waals surface area contributed by atoms with Crippen molar-refractivity contribution in [1.29, 1.82) is 0 Å². The maximum absolute atomic E-state index is 4.60. The number of benzene rings is 1. The molecule has 1 N–H and O–H groups in total. The lowest BCUT2D eigenvalue weighted by molar-refractivity contribution is 0.710. The van der Waals surface area contributed by atoms with Gasteiger partial charge in [-0.05, 0) is 49.5 Å². The van der Waals surface area contributed by atoms with E-state index in [0.717, 1.165) is 12.1 Å². The fourth-order valence-electron chi connectivity index (χ4n) is 3.42. The molecule has 0 unspecified atom stereocenters. The molecular weight excluding hydrogens is 244 g/mol. The molecule has 0 spiro atoms. The van der Waals surface area contributed by atoms with Crippen LogP contribution in [0.5, 0.6) is 0 Å². The number of fused-ring (bicyclic) bond motifs is 2. The van der Waals surface area contributed by atoms with Crippen molar-refractivity contribution in [2.75, 3.05) is 5.32 Å². The van der Waals surface area contributed by atoms with Crippen LogP contribution in [0.25, 0.3) is 5.57 Å². The molecule has 2 aliphatic carbocycles. The SMILES string of the molecule is c1ccc(Nc2ccnc3c2C2=C(CCCC2)C3)cc1. The van der Waals surface area contributed by atoms with Crippen LogP contribution in [-0.4, -0.2) is 4.98 Å². The molecule has 2 heteroatoms. The highest BCUT2D eigenvalue weighted by Crippen LogP contribution is 2.44. The normalized spacial score (nSPS) is 16.8. The van der Waals surface area contributed by atoms with E-state index < -0.39 is 0 Å². The van der Waals surface area contributed by atoms with Crippen molar-refractivity contribution in [1.82, 2.24) is 4.98 Å². The van der Waals surface area contributed by atoms with E-state index in [2.05, 4.69) is 40.6 Å². The van der Waals surface area contributed by atoms with Gasteiger partial charge in [0.2, 0.25) is 0 Å². The van der Waals surface area contributed by atoms with Crippen molar-refractivity contribution in [3.05, 3.63) is 59.4 Å². The highest BCUT2D eigenvalue weighted by atomic mass is 14.9. The molecule has 20 heavy (non-hydrogen) atoms. The lowest BCUT2D eigenvalue weighted by Crippen LogP contribution is -1.99. The first-order valence-electron chi connectivity index (χ1n) is 7.43. The third-order valence-corrected chi connectivity index (χ3v) is 4.35. The van der Waals surface area contributed by atoms with Crippen molar-refractivity contribution in [2.45, 2.75) is 32.1 Å². The maximum atomic E-state index is 4.60. The van der Waals surface area contributed by atoms with Crippen LogP contribution in [-0.2, 0) is 6.42 Å². The number of anilines is 2. The number of para-hydroxylation sites is 1. The van der Waals surface area contributed by atoms with Gasteiger partial charge in [-0.25, -0.2) is 0 Å². The summed E-state index contributed by atoms with van der Waals surface area (Å²) in [6, 6.07) is 12.5. The van der Waals surface area contributed by atoms with Crippen molar-refractivity contribution in [2.24, 2.45) is 0 Å². The van der Waals surface area contributed by atoms with Gasteiger partial charge in [-0.2, -0.15) is 0 Å². The van der Waals surface area contributed by atoms with Gasteiger partial charge in [0.25, 0.3) is 0 Å². The van der Waals surface area contributed by atoms with E-state index in [1.54, 1.807) is 11.1 Å². The molecule has 2 aliphatic rings. The molecule has 4 rings (SSSR count). The number of nitrogens with zero attached hydrogens (tertiary/aromatic N) is 1. The number of nitrogens with one attached hydrogen (secondary N) is 1. The minimum Gasteiger partial charge on any atom is -0.355 e. The van der Waals surface area contributed by atoms with Crippen LogP contribution < -0.4 is 5.32 Å². The molecule has 0 saturated carbocycles. The van der Waals surface area contributed by atoms with Gasteiger partial charge < -0.3 is 5.32 Å². The summed E-state index contributed by atoms with van der Waals surface area (Å²) >= 11 is 0. The number of rotatable bonds is 2. The molecule has 0 fully saturated rings. The van der Waals surface area contributed by atoms with E-state index in [1.165, 1.54) is 42.6 Å². The molecule has 1 aromatic heterocycles. The Morgan fingerprint density at radius 1 is 0.950 bits per heavy atom. The van der Waals surface area contributed by atoms with Crippen LogP contribution in [0.4, 0.5) is 11.4 Å². The van der Waals surface area contributed by atoms with Gasteiger partial charge in [0.15, 0.2) is 0 Å². The zero-order valence-electron chi connectivity index (χ0n) is 11.5. The third kappa shape index (κ3) is 1.92. The second-order valence-corrected chi connectivity index (χ2v) is 5.64. The lowest BCUT2D eigenvalue weighted by atomic mass is 9.91. The predicted octanol–water partition coefficient (Wildman–Crippen LogP) is 4.71. The molecule has 0 atom stereocenters. The van der Waals surface area contributed by atoms with Crippen LogP contribution in [0.3, 0.4) is 0 Å². The number of allylic oxidation sites excluding steroid dienone is 2. The Kier molecular flexibility index (Phi) is 2.80. The largest absolute Gasteiger partial charge is 0.355 e. The number of hydrogen-bond donors (Lipinski definition) is 1. The molecule has 0 amide bonds. The van der Waals surface area contributed by atoms with Gasteiger partial charge in [-0.1, -0.05) is 23.8 Å². The fourth-order valence-corrected chi connectivity index (χ4v) is 3.42. The van der Waals surface area contributed by atoms with Gasteiger partial charge in [0, 0.05) is 29.6 Å². The molecule has 2 aromatic rings. The zero-order chi connectivity index (χ0) is 13.4. The average Bonchev–Trinajstić information content (AvgIpc) is 2.88. The van der Waals surface area contributed by atoms with Crippen molar-refractivity contribution in [3.8, 4) is 0 Å². The molecule has 2 nitrogen and oxygen atoms in total. The summed E-state index contributed by atoms with van der Waals surface area (Å²) in [4.78, 5) is 4.60. The number of aromatic nitrogens is 1. The maximum Gasteiger partial charge on any atom is 0.0540 e. The van der Waals surface area contributed by atoms with Gasteiger partial charge >= 0.3 is 0 Å². The molecule has 0 saturated heterocycles. The zero-order valence-corrected chi connectivity index (χ0v) is 11.5. The van der Waals surface area contributed by atoms with Gasteiger partial charge in [-0.15, -0.1) is 0 Å². The number of hydrogen-bond acceptors (Lipinski definition) is 2. The summed E-state index contributed by atoms with van der Waals surface area (Å²) in [5.74, 6) is 0. The molecule has 0 aliphatic heterocycles. The smallest absolute Gasteiger partial charge is 0.0540 e. The summed E-state index contributed by atoms with van der Waals surface area (Å²) < 4.78 is 0. The van der Waals surface area contributed by atoms with Gasteiger partial charge in [-0.3, -0.25) is 4.98 Å². The van der Waals surface area contributed by atoms with Crippen molar-refractivity contribution in [3.63, 3.8) is 0 Å². The molecule has 1 heterocycles. The first-order valence-corrected chi connectivity index (χ1v) is 7.43. The van der Waals surface area contributed by atoms with Gasteiger partial charge in [0.05, 0.1) is 5.69 Å². The van der Waals surface area contributed by atoms with Crippen LogP contribution in [0.15, 0.2) is 48.2 Å². The summed E-state index contributed by atoms with van der Waals surface area (Å²) in [5.41, 5.74) is 8.20. The van der Waals surface area contributed by atoms with Crippen LogP contribution in [0, 0.1) is 0 Å². The summed E-state index contributed by atoms with van der Waals surface area (Å²) in [6.07, 6.45) is 8.14. The first-order chi connectivity index (χ1) is 9.92. The first kappa shape index (κ1) is 11.7. The molecule has 1 aromatic carbocycles. The third-order valence-electron chi connectivity index (χ3n) is 4.35. The highest BCUT2D eigenvalue weighted by Gasteiger charge is 2.26.